The molecule has 3 aromatic rings. The Morgan fingerprint density at radius 1 is 1.19 bits per heavy atom. The summed E-state index contributed by atoms with van der Waals surface area (Å²) >= 11 is 0. The third kappa shape index (κ3) is 5.48. The number of allylic oxidation sites excluding steroid dienone is 1. The molecule has 0 spiro atoms. The van der Waals surface area contributed by atoms with E-state index in [0.29, 0.717) is 18.3 Å². The monoisotopic (exact) mass is 494 g/mol. The number of hydrogen-bond acceptors (Lipinski definition) is 4. The normalized spacial score (nSPS) is 14.6. The zero-order valence-corrected chi connectivity index (χ0v) is 20.6. The second kappa shape index (κ2) is 11.5. The molecule has 1 amide bonds. The lowest BCUT2D eigenvalue weighted by atomic mass is 9.98. The first-order valence-electron chi connectivity index (χ1n) is 12.6. The number of piperidine rings is 1. The van der Waals surface area contributed by atoms with Crippen LogP contribution in [0.1, 0.15) is 55.8 Å². The molecule has 1 atom stereocenters. The van der Waals surface area contributed by atoms with Crippen molar-refractivity contribution in [3.8, 4) is 5.69 Å². The van der Waals surface area contributed by atoms with Crippen LogP contribution in [0.15, 0.2) is 54.0 Å². The molecular weight excluding hydrogens is 462 g/mol. The van der Waals surface area contributed by atoms with Crippen LogP contribution in [-0.2, 0) is 0 Å². The van der Waals surface area contributed by atoms with Gasteiger partial charge in [-0.15, -0.1) is 6.58 Å². The lowest BCUT2D eigenvalue weighted by Gasteiger charge is -2.28. The molecule has 2 aromatic heterocycles. The van der Waals surface area contributed by atoms with Gasteiger partial charge in [0.25, 0.3) is 5.91 Å². The average molecular weight is 495 g/mol. The number of amides is 1. The van der Waals surface area contributed by atoms with E-state index in [1.54, 1.807) is 12.1 Å². The summed E-state index contributed by atoms with van der Waals surface area (Å²) in [6.45, 7) is 7.95. The van der Waals surface area contributed by atoms with Gasteiger partial charge in [-0.1, -0.05) is 19.4 Å². The van der Waals surface area contributed by atoms with Crippen LogP contribution < -0.4 is 15.6 Å². The van der Waals surface area contributed by atoms with Crippen LogP contribution in [0, 0.1) is 17.6 Å². The highest BCUT2D eigenvalue weighted by atomic mass is 19.1. The van der Waals surface area contributed by atoms with E-state index in [1.807, 2.05) is 6.08 Å². The topological polar surface area (TPSA) is 67.2 Å². The third-order valence-corrected chi connectivity index (χ3v) is 6.85. The van der Waals surface area contributed by atoms with Gasteiger partial charge in [0.05, 0.1) is 11.1 Å². The summed E-state index contributed by atoms with van der Waals surface area (Å²) in [5.41, 5.74) is -0.356. The molecule has 3 heterocycles. The SMILES string of the molecule is C=CCC(CC)CCNC(=O)c1cn(-c2ccc(F)cc2F)c2nc(N3CCCCC3)ccc2c1=O. The van der Waals surface area contributed by atoms with Gasteiger partial charge in [-0.05, 0) is 62.3 Å². The standard InChI is InChI=1S/C28H32F2N4O2/c1-3-8-19(4-2)13-14-31-28(36)22-18-34(24-11-9-20(29)17-23(24)30)27-21(26(22)35)10-12-25(32-27)33-15-6-5-7-16-33/h3,9-12,17-19H,1,4-8,13-16H2,2H3,(H,31,36). The highest BCUT2D eigenvalue weighted by molar-refractivity contribution is 5.97. The molecule has 1 aliphatic heterocycles. The predicted octanol–water partition coefficient (Wildman–Crippen LogP) is 5.38. The molecule has 0 saturated carbocycles. The van der Waals surface area contributed by atoms with Crippen LogP contribution in [-0.4, -0.2) is 35.1 Å². The number of aromatic nitrogens is 2. The lowest BCUT2D eigenvalue weighted by molar-refractivity contribution is 0.0950. The lowest BCUT2D eigenvalue weighted by Crippen LogP contribution is -2.32. The van der Waals surface area contributed by atoms with Crippen LogP contribution in [0.5, 0.6) is 0 Å². The average Bonchev–Trinajstić information content (AvgIpc) is 2.89. The molecule has 1 unspecified atom stereocenters. The van der Waals surface area contributed by atoms with Crippen molar-refractivity contribution >= 4 is 22.8 Å². The number of pyridine rings is 2. The zero-order chi connectivity index (χ0) is 25.7. The summed E-state index contributed by atoms with van der Waals surface area (Å²) in [5, 5.41) is 3.02. The minimum Gasteiger partial charge on any atom is -0.357 e. The number of nitrogens with one attached hydrogen (secondary N) is 1. The number of nitrogens with zero attached hydrogens (tertiary/aromatic N) is 3. The number of fused-ring (bicyclic) bond motifs is 1. The van der Waals surface area contributed by atoms with E-state index in [4.69, 9.17) is 4.98 Å². The van der Waals surface area contributed by atoms with Crippen molar-refractivity contribution in [2.45, 2.75) is 45.4 Å². The first kappa shape index (κ1) is 25.5. The van der Waals surface area contributed by atoms with E-state index in [2.05, 4.69) is 23.7 Å². The van der Waals surface area contributed by atoms with Crippen LogP contribution >= 0.6 is 0 Å². The molecule has 190 valence electrons. The van der Waals surface area contributed by atoms with Gasteiger partial charge in [0.2, 0.25) is 5.43 Å². The number of hydrogen-bond donors (Lipinski definition) is 1. The molecule has 1 aromatic carbocycles. The van der Waals surface area contributed by atoms with Crippen molar-refractivity contribution in [3.63, 3.8) is 0 Å². The Bertz CT molecular complexity index is 1310. The highest BCUT2D eigenvalue weighted by Gasteiger charge is 2.21. The highest BCUT2D eigenvalue weighted by Crippen LogP contribution is 2.24. The van der Waals surface area contributed by atoms with Gasteiger partial charge in [0, 0.05) is 31.9 Å². The van der Waals surface area contributed by atoms with Gasteiger partial charge in [-0.25, -0.2) is 13.8 Å². The van der Waals surface area contributed by atoms with Crippen LogP contribution in [0.3, 0.4) is 0 Å². The Kier molecular flexibility index (Phi) is 8.13. The fourth-order valence-electron chi connectivity index (χ4n) is 4.72. The van der Waals surface area contributed by atoms with Gasteiger partial charge in [-0.2, -0.15) is 0 Å². The van der Waals surface area contributed by atoms with Gasteiger partial charge in [0.1, 0.15) is 23.0 Å². The minimum atomic E-state index is -0.813. The summed E-state index contributed by atoms with van der Waals surface area (Å²) in [6, 6.07) is 6.61. The molecule has 1 aliphatic rings. The van der Waals surface area contributed by atoms with E-state index >= 15 is 0 Å². The van der Waals surface area contributed by atoms with E-state index < -0.39 is 23.0 Å². The largest absolute Gasteiger partial charge is 0.357 e. The van der Waals surface area contributed by atoms with Gasteiger partial charge < -0.3 is 10.2 Å². The van der Waals surface area contributed by atoms with Crippen molar-refractivity contribution in [1.29, 1.82) is 0 Å². The zero-order valence-electron chi connectivity index (χ0n) is 20.6. The number of carbonyl (C=O) groups is 1. The molecule has 4 rings (SSSR count). The summed E-state index contributed by atoms with van der Waals surface area (Å²) in [7, 11) is 0. The van der Waals surface area contributed by atoms with Crippen molar-refractivity contribution in [1.82, 2.24) is 14.9 Å². The van der Waals surface area contributed by atoms with Gasteiger partial charge in [0.15, 0.2) is 5.65 Å². The molecule has 1 N–H and O–H groups in total. The number of halogens is 2. The summed E-state index contributed by atoms with van der Waals surface area (Å²) in [6.07, 6.45) is 8.98. The molecule has 6 nitrogen and oxygen atoms in total. The molecule has 1 fully saturated rings. The summed E-state index contributed by atoms with van der Waals surface area (Å²) < 4.78 is 29.9. The fourth-order valence-corrected chi connectivity index (χ4v) is 4.72. The Hall–Kier alpha value is -3.55. The molecule has 36 heavy (non-hydrogen) atoms. The summed E-state index contributed by atoms with van der Waals surface area (Å²) in [5.74, 6) is -0.991. The smallest absolute Gasteiger partial charge is 0.256 e. The second-order valence-corrected chi connectivity index (χ2v) is 9.27. The van der Waals surface area contributed by atoms with Gasteiger partial charge >= 0.3 is 0 Å². The van der Waals surface area contributed by atoms with Gasteiger partial charge in [-0.3, -0.25) is 14.2 Å². The first-order chi connectivity index (χ1) is 17.4. The minimum absolute atomic E-state index is 0.00998. The maximum absolute atomic E-state index is 14.9. The Labute approximate surface area is 209 Å². The van der Waals surface area contributed by atoms with Crippen molar-refractivity contribution in [2.24, 2.45) is 5.92 Å². The Balaban J connectivity index is 1.76. The maximum Gasteiger partial charge on any atom is 0.256 e. The van der Waals surface area contributed by atoms with E-state index in [0.717, 1.165) is 63.7 Å². The molecule has 0 radical (unpaired) electrons. The number of rotatable bonds is 9. The van der Waals surface area contributed by atoms with E-state index in [1.165, 1.54) is 16.8 Å². The molecule has 1 saturated heterocycles. The Morgan fingerprint density at radius 2 is 1.97 bits per heavy atom. The molecule has 8 heteroatoms. The van der Waals surface area contributed by atoms with Crippen molar-refractivity contribution < 1.29 is 13.6 Å². The molecule has 0 aliphatic carbocycles. The quantitative estimate of drug-likeness (QED) is 0.406. The Morgan fingerprint density at radius 3 is 2.67 bits per heavy atom. The first-order valence-corrected chi connectivity index (χ1v) is 12.6. The fraction of sp³-hybridized carbons (Fsp3) is 0.393. The summed E-state index contributed by atoms with van der Waals surface area (Å²) in [4.78, 5) is 33.2. The van der Waals surface area contributed by atoms with E-state index in [-0.39, 0.29) is 22.3 Å². The second-order valence-electron chi connectivity index (χ2n) is 9.27. The van der Waals surface area contributed by atoms with Crippen LogP contribution in [0.25, 0.3) is 16.7 Å². The molecule has 0 bridgehead atoms. The van der Waals surface area contributed by atoms with Crippen molar-refractivity contribution in [2.75, 3.05) is 24.5 Å². The predicted molar refractivity (Wildman–Crippen MR) is 139 cm³/mol. The number of anilines is 1. The molecular formula is C28H32F2N4O2. The van der Waals surface area contributed by atoms with E-state index in [9.17, 15) is 18.4 Å². The van der Waals surface area contributed by atoms with Crippen LogP contribution in [0.2, 0.25) is 0 Å². The third-order valence-electron chi connectivity index (χ3n) is 6.85. The van der Waals surface area contributed by atoms with Crippen LogP contribution in [0.4, 0.5) is 14.6 Å². The van der Waals surface area contributed by atoms with Crippen molar-refractivity contribution in [3.05, 3.63) is 76.6 Å². The number of benzene rings is 1. The number of carbonyl (C=O) groups excluding carboxylic acids is 1. The maximum atomic E-state index is 14.9.